The molecule has 0 saturated heterocycles. The van der Waals surface area contributed by atoms with Gasteiger partial charge in [0.05, 0.1) is 0 Å². The zero-order valence-electron chi connectivity index (χ0n) is 9.81. The second kappa shape index (κ2) is 5.14. The van der Waals surface area contributed by atoms with Gasteiger partial charge in [0.25, 0.3) is 0 Å². The highest BCUT2D eigenvalue weighted by atomic mass is 32.1. The number of primary amides is 1. The minimum atomic E-state index is -0.521. The van der Waals surface area contributed by atoms with Gasteiger partial charge >= 0.3 is 0 Å². The Morgan fingerprint density at radius 2 is 2.00 bits per heavy atom. The average molecular weight is 261 g/mol. The van der Waals surface area contributed by atoms with Gasteiger partial charge in [-0.15, -0.1) is 11.3 Å². The summed E-state index contributed by atoms with van der Waals surface area (Å²) in [5.74, 6) is -0.859. The molecule has 0 radical (unpaired) electrons. The van der Waals surface area contributed by atoms with Gasteiger partial charge in [0, 0.05) is 10.5 Å². The van der Waals surface area contributed by atoms with Crippen molar-refractivity contribution in [2.24, 2.45) is 5.73 Å². The predicted molar refractivity (Wildman–Crippen MR) is 72.5 cm³/mol. The number of thiophene rings is 1. The second-order valence-electron chi connectivity index (χ2n) is 3.96. The summed E-state index contributed by atoms with van der Waals surface area (Å²) in [7, 11) is 0. The number of carbonyl (C=O) groups excluding carboxylic acids is 1. The van der Waals surface area contributed by atoms with Crippen LogP contribution >= 0.6 is 11.3 Å². The molecule has 2 N–H and O–H groups in total. The van der Waals surface area contributed by atoms with Crippen LogP contribution in [-0.2, 0) is 4.79 Å². The van der Waals surface area contributed by atoms with E-state index in [1.807, 2.05) is 18.4 Å². The molecular weight excluding hydrogens is 249 g/mol. The van der Waals surface area contributed by atoms with Crippen molar-refractivity contribution < 1.29 is 9.18 Å². The van der Waals surface area contributed by atoms with Gasteiger partial charge in [-0.1, -0.05) is 12.1 Å². The lowest BCUT2D eigenvalue weighted by Crippen LogP contribution is -2.12. The van der Waals surface area contributed by atoms with Crippen molar-refractivity contribution in [3.05, 3.63) is 57.5 Å². The summed E-state index contributed by atoms with van der Waals surface area (Å²) in [4.78, 5) is 12.4. The minimum Gasteiger partial charge on any atom is -0.366 e. The lowest BCUT2D eigenvalue weighted by atomic mass is 10.0. The fraction of sp³-hybridized carbons (Fsp3) is 0.0714. The number of benzene rings is 1. The molecule has 1 aromatic carbocycles. The summed E-state index contributed by atoms with van der Waals surface area (Å²) < 4.78 is 12.8. The summed E-state index contributed by atoms with van der Waals surface area (Å²) in [5.41, 5.74) is 7.50. The molecule has 0 spiro atoms. The highest BCUT2D eigenvalue weighted by Gasteiger charge is 2.09. The monoisotopic (exact) mass is 261 g/mol. The molecule has 0 unspecified atom stereocenters. The highest BCUT2D eigenvalue weighted by molar-refractivity contribution is 7.11. The van der Waals surface area contributed by atoms with Crippen molar-refractivity contribution in [1.82, 2.24) is 0 Å². The lowest BCUT2D eigenvalue weighted by Gasteiger charge is -2.03. The molecule has 0 fully saturated rings. The first kappa shape index (κ1) is 12.5. The maximum atomic E-state index is 12.8. The first-order valence-electron chi connectivity index (χ1n) is 5.39. The summed E-state index contributed by atoms with van der Waals surface area (Å²) in [5, 5.41) is 2.00. The summed E-state index contributed by atoms with van der Waals surface area (Å²) in [6.07, 6.45) is 1.73. The van der Waals surface area contributed by atoms with Crippen molar-refractivity contribution >= 4 is 28.9 Å². The van der Waals surface area contributed by atoms with Crippen LogP contribution in [-0.4, -0.2) is 5.91 Å². The molecule has 0 aliphatic rings. The third-order valence-electron chi connectivity index (χ3n) is 2.46. The molecule has 18 heavy (non-hydrogen) atoms. The van der Waals surface area contributed by atoms with Crippen molar-refractivity contribution in [3.63, 3.8) is 0 Å². The number of carbonyl (C=O) groups is 1. The van der Waals surface area contributed by atoms with E-state index in [9.17, 15) is 9.18 Å². The van der Waals surface area contributed by atoms with E-state index in [1.165, 1.54) is 23.5 Å². The van der Waals surface area contributed by atoms with E-state index >= 15 is 0 Å². The maximum Gasteiger partial charge on any atom is 0.249 e. The van der Waals surface area contributed by atoms with Crippen molar-refractivity contribution in [3.8, 4) is 0 Å². The number of nitrogens with two attached hydrogens (primary N) is 1. The Kier molecular flexibility index (Phi) is 3.58. The van der Waals surface area contributed by atoms with Gasteiger partial charge in [-0.25, -0.2) is 4.39 Å². The van der Waals surface area contributed by atoms with E-state index in [4.69, 9.17) is 5.73 Å². The normalized spacial score (nSPS) is 11.6. The Morgan fingerprint density at radius 1 is 1.33 bits per heavy atom. The molecule has 4 heteroatoms. The largest absolute Gasteiger partial charge is 0.366 e. The molecule has 2 aromatic rings. The fourth-order valence-corrected chi connectivity index (χ4v) is 2.43. The van der Waals surface area contributed by atoms with E-state index in [-0.39, 0.29) is 5.82 Å². The second-order valence-corrected chi connectivity index (χ2v) is 4.90. The minimum absolute atomic E-state index is 0.338. The van der Waals surface area contributed by atoms with Crippen molar-refractivity contribution in [2.45, 2.75) is 6.92 Å². The topological polar surface area (TPSA) is 43.1 Å². The molecule has 1 heterocycles. The number of hydrogen-bond donors (Lipinski definition) is 1. The zero-order chi connectivity index (χ0) is 13.1. The van der Waals surface area contributed by atoms with Crippen LogP contribution in [0, 0.1) is 12.7 Å². The van der Waals surface area contributed by atoms with Crippen LogP contribution in [0.4, 0.5) is 4.39 Å². The lowest BCUT2D eigenvalue weighted by molar-refractivity contribution is -0.112. The van der Waals surface area contributed by atoms with Crippen LogP contribution in [0.15, 0.2) is 35.7 Å². The van der Waals surface area contributed by atoms with Crippen LogP contribution < -0.4 is 5.73 Å². The smallest absolute Gasteiger partial charge is 0.249 e. The summed E-state index contributed by atoms with van der Waals surface area (Å²) in [6, 6.07) is 7.69. The Morgan fingerprint density at radius 3 is 2.50 bits per heavy atom. The summed E-state index contributed by atoms with van der Waals surface area (Å²) >= 11 is 1.53. The van der Waals surface area contributed by atoms with Crippen LogP contribution in [0.1, 0.15) is 16.0 Å². The number of amides is 1. The highest BCUT2D eigenvalue weighted by Crippen LogP contribution is 2.22. The Balaban J connectivity index is 2.43. The molecule has 1 amide bonds. The Labute approximate surface area is 109 Å². The number of halogens is 1. The van der Waals surface area contributed by atoms with Gasteiger partial charge in [-0.05, 0) is 47.7 Å². The summed E-state index contributed by atoms with van der Waals surface area (Å²) in [6.45, 7) is 1.98. The van der Waals surface area contributed by atoms with Crippen LogP contribution in [0.2, 0.25) is 0 Å². The van der Waals surface area contributed by atoms with Crippen LogP contribution in [0.25, 0.3) is 11.6 Å². The molecule has 2 nitrogen and oxygen atoms in total. The third-order valence-corrected chi connectivity index (χ3v) is 3.46. The molecule has 2 rings (SSSR count). The van der Waals surface area contributed by atoms with Gasteiger partial charge in [0.1, 0.15) is 5.82 Å². The average Bonchev–Trinajstić information content (AvgIpc) is 2.73. The van der Waals surface area contributed by atoms with E-state index in [1.54, 1.807) is 18.2 Å². The number of hydrogen-bond acceptors (Lipinski definition) is 2. The third kappa shape index (κ3) is 2.84. The predicted octanol–water partition coefficient (Wildman–Crippen LogP) is 3.22. The first-order chi connectivity index (χ1) is 8.56. The molecule has 92 valence electrons. The van der Waals surface area contributed by atoms with E-state index in [0.717, 1.165) is 10.4 Å². The molecule has 1 aromatic heterocycles. The van der Waals surface area contributed by atoms with E-state index in [2.05, 4.69) is 0 Å². The SMILES string of the molecule is Cc1csc(C=C(C(N)=O)c2ccc(F)cc2)c1. The van der Waals surface area contributed by atoms with Crippen molar-refractivity contribution in [2.75, 3.05) is 0 Å². The van der Waals surface area contributed by atoms with Crippen LogP contribution in [0.3, 0.4) is 0 Å². The number of aryl methyl sites for hydroxylation is 1. The molecule has 0 aliphatic carbocycles. The van der Waals surface area contributed by atoms with Gasteiger partial charge in [0.2, 0.25) is 5.91 Å². The number of rotatable bonds is 3. The van der Waals surface area contributed by atoms with Gasteiger partial charge in [-0.3, -0.25) is 4.79 Å². The van der Waals surface area contributed by atoms with Gasteiger partial charge in [0.15, 0.2) is 0 Å². The molecule has 0 saturated carbocycles. The standard InChI is InChI=1S/C14H12FNOS/c1-9-6-12(18-8-9)7-13(14(16)17)10-2-4-11(15)5-3-10/h2-8H,1H3,(H2,16,17). The van der Waals surface area contributed by atoms with Crippen LogP contribution in [0.5, 0.6) is 0 Å². The molecule has 0 bridgehead atoms. The Bertz CT molecular complexity index is 599. The van der Waals surface area contributed by atoms with Gasteiger partial charge in [-0.2, -0.15) is 0 Å². The first-order valence-corrected chi connectivity index (χ1v) is 6.27. The van der Waals surface area contributed by atoms with Gasteiger partial charge < -0.3 is 5.73 Å². The molecule has 0 aliphatic heterocycles. The Hall–Kier alpha value is -1.94. The van der Waals surface area contributed by atoms with E-state index in [0.29, 0.717) is 11.1 Å². The zero-order valence-corrected chi connectivity index (χ0v) is 10.6. The van der Waals surface area contributed by atoms with Crippen molar-refractivity contribution in [1.29, 1.82) is 0 Å². The molecular formula is C14H12FNOS. The quantitative estimate of drug-likeness (QED) is 0.847. The fourth-order valence-electron chi connectivity index (χ4n) is 1.60. The maximum absolute atomic E-state index is 12.8. The molecule has 0 atom stereocenters. The van der Waals surface area contributed by atoms with E-state index < -0.39 is 5.91 Å².